The largest absolute Gasteiger partial charge is 0.496 e. The zero-order chi connectivity index (χ0) is 13.1. The number of halogens is 1. The molecule has 18 heavy (non-hydrogen) atoms. The Morgan fingerprint density at radius 2 is 2.22 bits per heavy atom. The van der Waals surface area contributed by atoms with Crippen LogP contribution >= 0.6 is 15.9 Å². The first kappa shape index (κ1) is 13.4. The zero-order valence-corrected chi connectivity index (χ0v) is 12.3. The van der Waals surface area contributed by atoms with Gasteiger partial charge in [0.05, 0.1) is 12.7 Å². The summed E-state index contributed by atoms with van der Waals surface area (Å²) in [4.78, 5) is 12.2. The maximum Gasteiger partial charge on any atom is 0.255 e. The van der Waals surface area contributed by atoms with Gasteiger partial charge in [-0.1, -0.05) is 22.4 Å². The van der Waals surface area contributed by atoms with Crippen LogP contribution in [-0.4, -0.2) is 19.1 Å². The number of ether oxygens (including phenoxy) is 1. The van der Waals surface area contributed by atoms with E-state index in [1.165, 1.54) is 19.3 Å². The molecule has 1 fully saturated rings. The molecule has 4 heteroatoms. The third-order valence-electron chi connectivity index (χ3n) is 3.62. The fourth-order valence-electron chi connectivity index (χ4n) is 2.19. The van der Waals surface area contributed by atoms with E-state index in [0.717, 1.165) is 4.47 Å². The van der Waals surface area contributed by atoms with E-state index in [2.05, 4.69) is 28.2 Å². The lowest BCUT2D eigenvalue weighted by atomic mass is 9.80. The summed E-state index contributed by atoms with van der Waals surface area (Å²) in [5.41, 5.74) is 0.590. The van der Waals surface area contributed by atoms with Crippen LogP contribution in [0.3, 0.4) is 0 Å². The van der Waals surface area contributed by atoms with Gasteiger partial charge in [0, 0.05) is 10.5 Å². The number of carbonyl (C=O) groups is 1. The molecule has 1 unspecified atom stereocenters. The molecule has 0 heterocycles. The zero-order valence-electron chi connectivity index (χ0n) is 10.7. The van der Waals surface area contributed by atoms with E-state index in [9.17, 15) is 4.79 Å². The molecule has 1 aromatic carbocycles. The lowest BCUT2D eigenvalue weighted by molar-refractivity contribution is 0.0906. The van der Waals surface area contributed by atoms with Crippen LogP contribution in [-0.2, 0) is 0 Å². The van der Waals surface area contributed by atoms with E-state index in [1.54, 1.807) is 13.2 Å². The molecule has 0 aromatic heterocycles. The highest BCUT2D eigenvalue weighted by Gasteiger charge is 2.26. The van der Waals surface area contributed by atoms with Gasteiger partial charge in [0.1, 0.15) is 5.75 Å². The first-order valence-corrected chi connectivity index (χ1v) is 7.05. The Labute approximate surface area is 116 Å². The molecule has 1 atom stereocenters. The van der Waals surface area contributed by atoms with E-state index >= 15 is 0 Å². The van der Waals surface area contributed by atoms with Crippen molar-refractivity contribution < 1.29 is 9.53 Å². The number of amides is 1. The van der Waals surface area contributed by atoms with Gasteiger partial charge in [0.25, 0.3) is 5.91 Å². The van der Waals surface area contributed by atoms with E-state index in [4.69, 9.17) is 4.74 Å². The number of hydrogen-bond acceptors (Lipinski definition) is 2. The highest BCUT2D eigenvalue weighted by Crippen LogP contribution is 2.30. The Bertz CT molecular complexity index is 443. The van der Waals surface area contributed by atoms with Crippen molar-refractivity contribution in [2.45, 2.75) is 32.2 Å². The Hall–Kier alpha value is -1.03. The number of nitrogens with one attached hydrogen (secondary N) is 1. The molecule has 1 aliphatic rings. The average molecular weight is 312 g/mol. The molecule has 98 valence electrons. The van der Waals surface area contributed by atoms with Crippen molar-refractivity contribution in [1.29, 1.82) is 0 Å². The van der Waals surface area contributed by atoms with Crippen molar-refractivity contribution in [2.75, 3.05) is 7.11 Å². The molecule has 1 saturated carbocycles. The normalized spacial score (nSPS) is 16.8. The monoisotopic (exact) mass is 311 g/mol. The molecular formula is C14H18BrNO2. The Morgan fingerprint density at radius 3 is 2.78 bits per heavy atom. The van der Waals surface area contributed by atoms with Crippen molar-refractivity contribution in [3.63, 3.8) is 0 Å². The summed E-state index contributed by atoms with van der Waals surface area (Å²) in [5.74, 6) is 1.18. The summed E-state index contributed by atoms with van der Waals surface area (Å²) in [7, 11) is 1.58. The number of hydrogen-bond donors (Lipinski definition) is 1. The standard InChI is InChI=1S/C14H18BrNO2/c1-9(10-4-3-5-10)16-14(17)12-7-6-11(15)8-13(12)18-2/h6-10H,3-5H2,1-2H3,(H,16,17). The highest BCUT2D eigenvalue weighted by atomic mass is 79.9. The van der Waals surface area contributed by atoms with Crippen molar-refractivity contribution in [2.24, 2.45) is 5.92 Å². The topological polar surface area (TPSA) is 38.3 Å². The van der Waals surface area contributed by atoms with Crippen molar-refractivity contribution in [1.82, 2.24) is 5.32 Å². The van der Waals surface area contributed by atoms with Crippen LogP contribution in [0.5, 0.6) is 5.75 Å². The summed E-state index contributed by atoms with van der Waals surface area (Å²) in [6.45, 7) is 2.08. The third-order valence-corrected chi connectivity index (χ3v) is 4.12. The average Bonchev–Trinajstić information content (AvgIpc) is 2.25. The number of rotatable bonds is 4. The summed E-state index contributed by atoms with van der Waals surface area (Å²) >= 11 is 3.37. The van der Waals surface area contributed by atoms with Crippen LogP contribution in [0.25, 0.3) is 0 Å². The minimum absolute atomic E-state index is 0.0567. The predicted molar refractivity (Wildman–Crippen MR) is 75.0 cm³/mol. The van der Waals surface area contributed by atoms with Crippen molar-refractivity contribution >= 4 is 21.8 Å². The molecule has 2 rings (SSSR count). The van der Waals surface area contributed by atoms with E-state index < -0.39 is 0 Å². The number of methoxy groups -OCH3 is 1. The maximum absolute atomic E-state index is 12.2. The van der Waals surface area contributed by atoms with Gasteiger partial charge in [-0.2, -0.15) is 0 Å². The Morgan fingerprint density at radius 1 is 1.50 bits per heavy atom. The fourth-order valence-corrected chi connectivity index (χ4v) is 2.53. The van der Waals surface area contributed by atoms with Gasteiger partial charge in [-0.3, -0.25) is 4.79 Å². The molecule has 0 spiro atoms. The van der Waals surface area contributed by atoms with Crippen molar-refractivity contribution in [3.8, 4) is 5.75 Å². The molecule has 0 saturated heterocycles. The quantitative estimate of drug-likeness (QED) is 0.925. The predicted octanol–water partition coefficient (Wildman–Crippen LogP) is 3.38. The molecule has 0 radical (unpaired) electrons. The van der Waals surface area contributed by atoms with Crippen LogP contribution < -0.4 is 10.1 Å². The Kier molecular flexibility index (Phi) is 4.27. The SMILES string of the molecule is COc1cc(Br)ccc1C(=O)NC(C)C1CCC1. The first-order valence-electron chi connectivity index (χ1n) is 6.26. The summed E-state index contributed by atoms with van der Waals surface area (Å²) in [6.07, 6.45) is 3.73. The van der Waals surface area contributed by atoms with Crippen LogP contribution in [0, 0.1) is 5.92 Å². The molecule has 3 nitrogen and oxygen atoms in total. The van der Waals surface area contributed by atoms with Gasteiger partial charge in [-0.25, -0.2) is 0 Å². The van der Waals surface area contributed by atoms with Crippen molar-refractivity contribution in [3.05, 3.63) is 28.2 Å². The molecule has 1 aromatic rings. The maximum atomic E-state index is 12.2. The highest BCUT2D eigenvalue weighted by molar-refractivity contribution is 9.10. The molecular weight excluding hydrogens is 294 g/mol. The molecule has 1 amide bonds. The lowest BCUT2D eigenvalue weighted by Crippen LogP contribution is -2.40. The molecule has 1 N–H and O–H groups in total. The van der Waals surface area contributed by atoms with Gasteiger partial charge in [0.15, 0.2) is 0 Å². The summed E-state index contributed by atoms with van der Waals surface area (Å²) < 4.78 is 6.14. The minimum Gasteiger partial charge on any atom is -0.496 e. The van der Waals surface area contributed by atoms with E-state index in [0.29, 0.717) is 17.2 Å². The second-order valence-corrected chi connectivity index (χ2v) is 5.71. The third kappa shape index (κ3) is 2.86. The Balaban J connectivity index is 2.08. The fraction of sp³-hybridized carbons (Fsp3) is 0.500. The van der Waals surface area contributed by atoms with E-state index in [-0.39, 0.29) is 11.9 Å². The second-order valence-electron chi connectivity index (χ2n) is 4.80. The summed E-state index contributed by atoms with van der Waals surface area (Å²) in [6, 6.07) is 5.68. The van der Waals surface area contributed by atoms with Crippen LogP contribution in [0.1, 0.15) is 36.5 Å². The van der Waals surface area contributed by atoms with Gasteiger partial charge in [-0.15, -0.1) is 0 Å². The molecule has 0 aliphatic heterocycles. The smallest absolute Gasteiger partial charge is 0.255 e. The minimum atomic E-state index is -0.0567. The second kappa shape index (κ2) is 5.74. The molecule has 1 aliphatic carbocycles. The number of benzene rings is 1. The van der Waals surface area contributed by atoms with Crippen LogP contribution in [0.4, 0.5) is 0 Å². The van der Waals surface area contributed by atoms with Gasteiger partial charge < -0.3 is 10.1 Å². The summed E-state index contributed by atoms with van der Waals surface area (Å²) in [5, 5.41) is 3.06. The number of carbonyl (C=O) groups excluding carboxylic acids is 1. The van der Waals surface area contributed by atoms with E-state index in [1.807, 2.05) is 12.1 Å². The van der Waals surface area contributed by atoms with Gasteiger partial charge >= 0.3 is 0 Å². The lowest BCUT2D eigenvalue weighted by Gasteiger charge is -2.32. The van der Waals surface area contributed by atoms with Crippen LogP contribution in [0.15, 0.2) is 22.7 Å². The first-order chi connectivity index (χ1) is 8.61. The van der Waals surface area contributed by atoms with Gasteiger partial charge in [-0.05, 0) is 43.9 Å². The molecule has 0 bridgehead atoms. The van der Waals surface area contributed by atoms with Crippen LogP contribution in [0.2, 0.25) is 0 Å². The van der Waals surface area contributed by atoms with Gasteiger partial charge in [0.2, 0.25) is 0 Å².